The molecule has 0 amide bonds. The van der Waals surface area contributed by atoms with E-state index in [-0.39, 0.29) is 30.8 Å². The van der Waals surface area contributed by atoms with Crippen LogP contribution in [0.15, 0.2) is 0 Å². The fourth-order valence-corrected chi connectivity index (χ4v) is 15.5. The summed E-state index contributed by atoms with van der Waals surface area (Å²) in [5.41, 5.74) is 0.487. The topological polar surface area (TPSA) is 124 Å². The van der Waals surface area contributed by atoms with E-state index in [0.717, 1.165) is 140 Å². The third-order valence-electron chi connectivity index (χ3n) is 20.4. The van der Waals surface area contributed by atoms with Gasteiger partial charge in [-0.15, -0.1) is 0 Å². The molecule has 87 heavy (non-hydrogen) atoms. The molecule has 0 aromatic carbocycles. The first kappa shape index (κ1) is 79.4. The summed E-state index contributed by atoms with van der Waals surface area (Å²) < 4.78 is 29.6. The summed E-state index contributed by atoms with van der Waals surface area (Å²) in [6.45, 7) is 20.7. The monoisotopic (exact) mass is 1230 g/mol. The molecule has 4 aliphatic carbocycles. The molecule has 0 spiro atoms. The van der Waals surface area contributed by atoms with Gasteiger partial charge in [-0.3, -0.25) is 14.4 Å². The number of unbranched alkanes of at least 4 members (excludes halogenated alkanes) is 23. The van der Waals surface area contributed by atoms with Crippen molar-refractivity contribution in [2.24, 2.45) is 35.0 Å². The van der Waals surface area contributed by atoms with Gasteiger partial charge in [-0.2, -0.15) is 0 Å². The fourth-order valence-electron chi connectivity index (χ4n) is 15.5. The van der Waals surface area contributed by atoms with Gasteiger partial charge >= 0.3 is 17.9 Å². The van der Waals surface area contributed by atoms with Crippen molar-refractivity contribution in [1.29, 1.82) is 0 Å². The lowest BCUT2D eigenvalue weighted by atomic mass is 9.49. The lowest BCUT2D eigenvalue weighted by Gasteiger charge is -2.57. The summed E-state index contributed by atoms with van der Waals surface area (Å²) in [6, 6.07) is 0. The number of aliphatic hydroxyl groups excluding tert-OH is 1. The molecule has 0 saturated heterocycles. The van der Waals surface area contributed by atoms with Crippen molar-refractivity contribution in [3.05, 3.63) is 0 Å². The molecule has 512 valence electrons. The molecule has 0 radical (unpaired) electrons. The van der Waals surface area contributed by atoms with E-state index in [9.17, 15) is 19.5 Å². The molecule has 1 unspecified atom stereocenters. The van der Waals surface area contributed by atoms with Crippen molar-refractivity contribution in [1.82, 2.24) is 9.80 Å². The molecule has 4 rings (SSSR count). The lowest BCUT2D eigenvalue weighted by Crippen LogP contribution is -2.46. The molecule has 4 aliphatic rings. The Morgan fingerprint density at radius 1 is 0.379 bits per heavy atom. The summed E-state index contributed by atoms with van der Waals surface area (Å²) in [4.78, 5) is 42.8. The van der Waals surface area contributed by atoms with E-state index >= 15 is 0 Å². The second-order valence-electron chi connectivity index (χ2n) is 28.5. The second-order valence-corrected chi connectivity index (χ2v) is 28.5. The zero-order valence-electron chi connectivity index (χ0n) is 58.2. The molecule has 1 N–H and O–H groups in total. The largest absolute Gasteiger partial charge is 0.466 e. The van der Waals surface area contributed by atoms with Crippen molar-refractivity contribution in [2.75, 3.05) is 78.9 Å². The van der Waals surface area contributed by atoms with E-state index in [2.05, 4.69) is 37.5 Å². The number of ether oxygens (including phenoxy) is 5. The Bertz CT molecular complexity index is 1480. The van der Waals surface area contributed by atoms with Crippen molar-refractivity contribution < 1.29 is 43.2 Å². The van der Waals surface area contributed by atoms with E-state index in [1.165, 1.54) is 212 Å². The average Bonchev–Trinajstić information content (AvgIpc) is 0.961. The van der Waals surface area contributed by atoms with Crippen LogP contribution in [0.25, 0.3) is 0 Å². The van der Waals surface area contributed by atoms with E-state index in [0.29, 0.717) is 69.5 Å². The van der Waals surface area contributed by atoms with Gasteiger partial charge in [0.1, 0.15) is 0 Å². The van der Waals surface area contributed by atoms with Crippen molar-refractivity contribution in [3.63, 3.8) is 0 Å². The quantitative estimate of drug-likeness (QED) is 0.0271. The molecular formula is C76H144N2O9. The highest BCUT2D eigenvalue weighted by atomic mass is 16.7. The van der Waals surface area contributed by atoms with E-state index in [1.54, 1.807) is 0 Å². The first-order valence-corrected chi connectivity index (χ1v) is 38.4. The Balaban J connectivity index is 1.26. The van der Waals surface area contributed by atoms with Gasteiger partial charge in [-0.25, -0.2) is 0 Å². The van der Waals surface area contributed by atoms with Gasteiger partial charge in [-0.1, -0.05) is 207 Å². The van der Waals surface area contributed by atoms with Gasteiger partial charge in [0.05, 0.1) is 33.0 Å². The standard InChI is InChI=1S/C76H144N2O9/c1-6-10-26-39-68(40-27-11-7-2)46-58-85-73(80)43-30-20-14-17-23-33-49-77(50-34-24-18-15-21-31-44-74(81)86-59-47-69(41-28-12-8-3)42-29-13-9-4)53-37-56-83-67(5)84-57-38-54-78(52-36-55-79)51-35-25-19-16-22-32-45-75(82)87-60-48-76-64-70-61-71(65-76)63-72(62-70)66-76/h67-72,79H,6-66H2,1-5H3. The van der Waals surface area contributed by atoms with Crippen LogP contribution in [0, 0.1) is 35.0 Å². The summed E-state index contributed by atoms with van der Waals surface area (Å²) in [6.07, 6.45) is 56.9. The van der Waals surface area contributed by atoms with Crippen molar-refractivity contribution in [2.45, 2.75) is 356 Å². The number of carbonyl (C=O) groups is 3. The Hall–Kier alpha value is -1.79. The maximum atomic E-state index is 12.6. The number of hydrogen-bond donors (Lipinski definition) is 1. The first-order valence-electron chi connectivity index (χ1n) is 38.4. The molecule has 0 aromatic rings. The van der Waals surface area contributed by atoms with Crippen LogP contribution >= 0.6 is 0 Å². The van der Waals surface area contributed by atoms with Crippen LogP contribution in [-0.4, -0.2) is 118 Å². The highest BCUT2D eigenvalue weighted by Crippen LogP contribution is 2.61. The summed E-state index contributed by atoms with van der Waals surface area (Å²) >= 11 is 0. The summed E-state index contributed by atoms with van der Waals surface area (Å²) in [5.74, 6) is 4.25. The second kappa shape index (κ2) is 54.7. The van der Waals surface area contributed by atoms with Crippen molar-refractivity contribution >= 4 is 17.9 Å². The van der Waals surface area contributed by atoms with Crippen molar-refractivity contribution in [3.8, 4) is 0 Å². The third-order valence-corrected chi connectivity index (χ3v) is 20.4. The predicted octanol–water partition coefficient (Wildman–Crippen LogP) is 19.9. The maximum absolute atomic E-state index is 12.6. The van der Waals surface area contributed by atoms with Crippen LogP contribution in [0.4, 0.5) is 0 Å². The Kier molecular flexibility index (Phi) is 50.0. The van der Waals surface area contributed by atoms with Crippen LogP contribution in [0.3, 0.4) is 0 Å². The van der Waals surface area contributed by atoms with Crippen LogP contribution in [0.2, 0.25) is 0 Å². The van der Waals surface area contributed by atoms with Crippen LogP contribution < -0.4 is 0 Å². The molecule has 1 atom stereocenters. The van der Waals surface area contributed by atoms with Gasteiger partial charge < -0.3 is 38.6 Å². The number of nitrogens with zero attached hydrogens (tertiary/aromatic N) is 2. The van der Waals surface area contributed by atoms with E-state index in [4.69, 9.17) is 23.7 Å². The van der Waals surface area contributed by atoms with Crippen LogP contribution in [-0.2, 0) is 38.1 Å². The Labute approximate surface area is 537 Å². The number of hydrogen-bond acceptors (Lipinski definition) is 11. The minimum Gasteiger partial charge on any atom is -0.466 e. The minimum atomic E-state index is -0.234. The van der Waals surface area contributed by atoms with E-state index < -0.39 is 0 Å². The number of esters is 3. The molecule has 4 fully saturated rings. The summed E-state index contributed by atoms with van der Waals surface area (Å²) in [7, 11) is 0. The molecular weight excluding hydrogens is 1080 g/mol. The minimum absolute atomic E-state index is 0.00779. The molecule has 0 aliphatic heterocycles. The zero-order valence-corrected chi connectivity index (χ0v) is 58.2. The molecule has 4 saturated carbocycles. The first-order chi connectivity index (χ1) is 42.6. The smallest absolute Gasteiger partial charge is 0.305 e. The maximum Gasteiger partial charge on any atom is 0.305 e. The number of rotatable bonds is 65. The van der Waals surface area contributed by atoms with E-state index in [1.807, 2.05) is 6.92 Å². The normalized spacial score (nSPS) is 18.5. The number of carbonyl (C=O) groups excluding carboxylic acids is 3. The molecule has 11 nitrogen and oxygen atoms in total. The van der Waals surface area contributed by atoms with Gasteiger partial charge in [0.25, 0.3) is 0 Å². The highest BCUT2D eigenvalue weighted by molar-refractivity contribution is 5.69. The Morgan fingerprint density at radius 3 is 1.03 bits per heavy atom. The summed E-state index contributed by atoms with van der Waals surface area (Å²) in [5, 5.41) is 9.59. The van der Waals surface area contributed by atoms with Gasteiger partial charge in [0, 0.05) is 45.5 Å². The third kappa shape index (κ3) is 42.9. The van der Waals surface area contributed by atoms with Gasteiger partial charge in [-0.05, 0) is 177 Å². The number of aliphatic hydroxyl groups is 1. The fraction of sp³-hybridized carbons (Fsp3) is 0.961. The molecule has 11 heteroatoms. The molecule has 0 aromatic heterocycles. The van der Waals surface area contributed by atoms with Crippen LogP contribution in [0.1, 0.15) is 349 Å². The zero-order chi connectivity index (χ0) is 62.5. The SMILES string of the molecule is CCCCCC(CCCCC)CCOC(=O)CCCCCCCCN(CCCCCCCCC(=O)OCCC(CCCCC)CCCCC)CCCOC(C)OCCCN(CCCO)CCCCCCCCC(=O)OCCC12CC3CC(CC(C3)C1)C2. The molecule has 0 heterocycles. The lowest BCUT2D eigenvalue weighted by molar-refractivity contribution is -0.146. The predicted molar refractivity (Wildman–Crippen MR) is 363 cm³/mol. The molecule has 4 bridgehead atoms. The van der Waals surface area contributed by atoms with Gasteiger partial charge in [0.15, 0.2) is 6.29 Å². The van der Waals surface area contributed by atoms with Crippen LogP contribution in [0.5, 0.6) is 0 Å². The Morgan fingerprint density at radius 2 is 0.690 bits per heavy atom. The highest BCUT2D eigenvalue weighted by Gasteiger charge is 2.50. The van der Waals surface area contributed by atoms with Gasteiger partial charge in [0.2, 0.25) is 0 Å². The average molecular weight is 1230 g/mol.